The van der Waals surface area contributed by atoms with E-state index in [0.717, 1.165) is 4.57 Å². The van der Waals surface area contributed by atoms with E-state index in [9.17, 15) is 19.5 Å². The van der Waals surface area contributed by atoms with Gasteiger partial charge in [-0.05, 0) is 42.5 Å². The molecule has 0 saturated carbocycles. The van der Waals surface area contributed by atoms with E-state index in [-0.39, 0.29) is 11.2 Å². The zero-order valence-corrected chi connectivity index (χ0v) is 18.2. The zero-order chi connectivity index (χ0) is 22.9. The van der Waals surface area contributed by atoms with Crippen molar-refractivity contribution in [2.75, 3.05) is 12.4 Å². The minimum absolute atomic E-state index is 0.00667. The van der Waals surface area contributed by atoms with Crippen LogP contribution in [0, 0.1) is 5.41 Å². The Morgan fingerprint density at radius 3 is 2.29 bits per heavy atom. The molecular weight excluding hydrogens is 422 g/mol. The van der Waals surface area contributed by atoms with Gasteiger partial charge in [-0.2, -0.15) is 0 Å². The van der Waals surface area contributed by atoms with Crippen molar-refractivity contribution >= 4 is 46.0 Å². The first-order chi connectivity index (χ1) is 14.5. The second-order valence-electron chi connectivity index (χ2n) is 7.89. The highest BCUT2D eigenvalue weighted by Gasteiger charge is 2.28. The average molecular weight is 444 g/mol. The first-order valence-corrected chi connectivity index (χ1v) is 9.75. The molecule has 3 N–H and O–H groups in total. The van der Waals surface area contributed by atoms with Crippen molar-refractivity contribution in [1.82, 2.24) is 9.88 Å². The van der Waals surface area contributed by atoms with Gasteiger partial charge in [0.05, 0.1) is 12.6 Å². The summed E-state index contributed by atoms with van der Waals surface area (Å²) in [5.74, 6) is -1.10. The molecule has 0 unspecified atom stereocenters. The molecule has 1 heterocycles. The van der Waals surface area contributed by atoms with Crippen molar-refractivity contribution in [2.45, 2.75) is 20.8 Å². The molecular formula is C22H22ClN3O5. The molecule has 3 amide bonds. The largest absolute Gasteiger partial charge is 0.497 e. The fourth-order valence-electron chi connectivity index (χ4n) is 2.84. The number of hydrogen-bond acceptors (Lipinski definition) is 5. The molecule has 3 rings (SSSR count). The van der Waals surface area contributed by atoms with Gasteiger partial charge >= 0.3 is 6.03 Å². The molecule has 0 aliphatic rings. The third-order valence-electron chi connectivity index (χ3n) is 4.60. The van der Waals surface area contributed by atoms with Crippen LogP contribution in [0.15, 0.2) is 42.5 Å². The second kappa shape index (κ2) is 8.31. The van der Waals surface area contributed by atoms with Crippen LogP contribution in [0.1, 0.15) is 31.1 Å². The number of imide groups is 1. The Labute approximate surface area is 183 Å². The van der Waals surface area contributed by atoms with E-state index in [1.165, 1.54) is 19.2 Å². The predicted octanol–water partition coefficient (Wildman–Crippen LogP) is 4.39. The highest BCUT2D eigenvalue weighted by molar-refractivity contribution is 6.30. The number of amides is 3. The molecule has 0 atom stereocenters. The summed E-state index contributed by atoms with van der Waals surface area (Å²) in [6, 6.07) is 10.1. The summed E-state index contributed by atoms with van der Waals surface area (Å²) in [7, 11) is 1.47. The summed E-state index contributed by atoms with van der Waals surface area (Å²) in [4.78, 5) is 37.8. The van der Waals surface area contributed by atoms with Gasteiger partial charge in [0, 0.05) is 21.4 Å². The summed E-state index contributed by atoms with van der Waals surface area (Å²) in [6.45, 7) is 4.98. The summed E-state index contributed by atoms with van der Waals surface area (Å²) in [5, 5.41) is 16.5. The molecule has 3 aromatic rings. The molecule has 162 valence electrons. The zero-order valence-electron chi connectivity index (χ0n) is 17.4. The first kappa shape index (κ1) is 22.2. The number of rotatable bonds is 3. The molecule has 0 radical (unpaired) electrons. The SMILES string of the molecule is COc1ccc2c(c1)c(NC(=O)c1ccc(Cl)cc1)c(O)n2C(=O)NC(=O)C(C)(C)C. The molecule has 0 saturated heterocycles. The van der Waals surface area contributed by atoms with Crippen LogP contribution in [-0.4, -0.2) is 34.6 Å². The van der Waals surface area contributed by atoms with Gasteiger partial charge in [-0.3, -0.25) is 14.9 Å². The van der Waals surface area contributed by atoms with Crippen LogP contribution in [0.4, 0.5) is 10.5 Å². The maximum Gasteiger partial charge on any atom is 0.335 e. The number of methoxy groups -OCH3 is 1. The van der Waals surface area contributed by atoms with Gasteiger partial charge in [-0.15, -0.1) is 0 Å². The number of ether oxygens (including phenoxy) is 1. The molecule has 9 heteroatoms. The van der Waals surface area contributed by atoms with E-state index in [2.05, 4.69) is 10.6 Å². The van der Waals surface area contributed by atoms with E-state index in [1.807, 2.05) is 0 Å². The number of aromatic nitrogens is 1. The average Bonchev–Trinajstić information content (AvgIpc) is 2.98. The van der Waals surface area contributed by atoms with Gasteiger partial charge in [-0.1, -0.05) is 32.4 Å². The van der Waals surface area contributed by atoms with Crippen LogP contribution in [-0.2, 0) is 4.79 Å². The van der Waals surface area contributed by atoms with Crippen LogP contribution in [0.3, 0.4) is 0 Å². The fraction of sp³-hybridized carbons (Fsp3) is 0.227. The Kier molecular flexibility index (Phi) is 5.94. The van der Waals surface area contributed by atoms with Gasteiger partial charge in [0.1, 0.15) is 11.4 Å². The second-order valence-corrected chi connectivity index (χ2v) is 8.32. The smallest absolute Gasteiger partial charge is 0.335 e. The molecule has 0 bridgehead atoms. The molecule has 8 nitrogen and oxygen atoms in total. The monoisotopic (exact) mass is 443 g/mol. The van der Waals surface area contributed by atoms with Gasteiger partial charge in [-0.25, -0.2) is 9.36 Å². The lowest BCUT2D eigenvalue weighted by Crippen LogP contribution is -2.40. The van der Waals surface area contributed by atoms with Gasteiger partial charge < -0.3 is 15.2 Å². The van der Waals surface area contributed by atoms with Gasteiger partial charge in [0.2, 0.25) is 11.8 Å². The highest BCUT2D eigenvalue weighted by Crippen LogP contribution is 2.38. The maximum absolute atomic E-state index is 12.8. The van der Waals surface area contributed by atoms with E-state index in [0.29, 0.717) is 21.7 Å². The van der Waals surface area contributed by atoms with E-state index < -0.39 is 29.1 Å². The summed E-state index contributed by atoms with van der Waals surface area (Å²) in [6.07, 6.45) is 0. The third kappa shape index (κ3) is 4.49. The molecule has 0 spiro atoms. The van der Waals surface area contributed by atoms with E-state index >= 15 is 0 Å². The van der Waals surface area contributed by atoms with Crippen LogP contribution in [0.25, 0.3) is 10.9 Å². The molecule has 0 aliphatic heterocycles. The molecule has 0 aliphatic carbocycles. The normalized spacial score (nSPS) is 11.3. The van der Waals surface area contributed by atoms with Crippen LogP contribution in [0.5, 0.6) is 11.6 Å². The van der Waals surface area contributed by atoms with Crippen molar-refractivity contribution in [2.24, 2.45) is 5.41 Å². The Balaban J connectivity index is 2.07. The Morgan fingerprint density at radius 2 is 1.71 bits per heavy atom. The maximum atomic E-state index is 12.8. The number of benzene rings is 2. The number of carbonyl (C=O) groups excluding carboxylic acids is 3. The number of aromatic hydroxyl groups is 1. The number of carbonyl (C=O) groups is 3. The fourth-order valence-corrected chi connectivity index (χ4v) is 2.97. The predicted molar refractivity (Wildman–Crippen MR) is 118 cm³/mol. The molecule has 0 fully saturated rings. The summed E-state index contributed by atoms with van der Waals surface area (Å²) >= 11 is 5.86. The van der Waals surface area contributed by atoms with Crippen molar-refractivity contribution in [3.63, 3.8) is 0 Å². The molecule has 31 heavy (non-hydrogen) atoms. The summed E-state index contributed by atoms with van der Waals surface area (Å²) in [5.41, 5.74) is -0.223. The quantitative estimate of drug-likeness (QED) is 0.556. The minimum Gasteiger partial charge on any atom is -0.497 e. The van der Waals surface area contributed by atoms with Crippen LogP contribution < -0.4 is 15.4 Å². The number of hydrogen-bond donors (Lipinski definition) is 3. The number of nitrogens with one attached hydrogen (secondary N) is 2. The lowest BCUT2D eigenvalue weighted by atomic mass is 9.96. The van der Waals surface area contributed by atoms with E-state index in [1.54, 1.807) is 51.1 Å². The van der Waals surface area contributed by atoms with Gasteiger partial charge in [0.15, 0.2) is 0 Å². The Bertz CT molecular complexity index is 1180. The lowest BCUT2D eigenvalue weighted by Gasteiger charge is -2.17. The topological polar surface area (TPSA) is 110 Å². The van der Waals surface area contributed by atoms with Crippen molar-refractivity contribution in [3.05, 3.63) is 53.1 Å². The van der Waals surface area contributed by atoms with Crippen molar-refractivity contribution in [3.8, 4) is 11.6 Å². The Hall–Kier alpha value is -3.52. The lowest BCUT2D eigenvalue weighted by molar-refractivity contribution is -0.127. The highest BCUT2D eigenvalue weighted by atomic mass is 35.5. The van der Waals surface area contributed by atoms with Gasteiger partial charge in [0.25, 0.3) is 5.91 Å². The minimum atomic E-state index is -0.848. The molecule has 1 aromatic heterocycles. The summed E-state index contributed by atoms with van der Waals surface area (Å²) < 4.78 is 6.15. The van der Waals surface area contributed by atoms with Crippen LogP contribution >= 0.6 is 11.6 Å². The standard InChI is InChI=1S/C22H22ClN3O5/c1-22(2,3)20(29)25-21(30)26-16-10-9-14(31-4)11-15(16)17(19(26)28)24-18(27)12-5-7-13(23)8-6-12/h5-11,28H,1-4H3,(H,24,27)(H,25,29,30). The number of nitrogens with zero attached hydrogens (tertiary/aromatic N) is 1. The number of anilines is 1. The first-order valence-electron chi connectivity index (χ1n) is 9.37. The van der Waals surface area contributed by atoms with Crippen molar-refractivity contribution in [1.29, 1.82) is 0 Å². The van der Waals surface area contributed by atoms with E-state index in [4.69, 9.17) is 16.3 Å². The van der Waals surface area contributed by atoms with Crippen molar-refractivity contribution < 1.29 is 24.2 Å². The Morgan fingerprint density at radius 1 is 1.06 bits per heavy atom. The number of fused-ring (bicyclic) bond motifs is 1. The number of halogens is 1. The molecule has 2 aromatic carbocycles. The third-order valence-corrected chi connectivity index (χ3v) is 4.85. The van der Waals surface area contributed by atoms with Crippen LogP contribution in [0.2, 0.25) is 5.02 Å².